The van der Waals surface area contributed by atoms with Gasteiger partial charge in [-0.25, -0.2) is 0 Å². The molecule has 0 amide bonds. The summed E-state index contributed by atoms with van der Waals surface area (Å²) in [6, 6.07) is 6.99. The van der Waals surface area contributed by atoms with E-state index < -0.39 is 8.32 Å². The Kier molecular flexibility index (Phi) is 10.4. The van der Waals surface area contributed by atoms with Crippen LogP contribution in [0.3, 0.4) is 0 Å². The Morgan fingerprint density at radius 1 is 1.08 bits per heavy atom. The Labute approximate surface area is 232 Å². The smallest absolute Gasteiger partial charge is 0.191 e. The third-order valence-corrected chi connectivity index (χ3v) is 13.3. The van der Waals surface area contributed by atoms with Crippen molar-refractivity contribution in [3.8, 4) is 0 Å². The number of benzene rings is 1. The van der Waals surface area contributed by atoms with Gasteiger partial charge in [-0.15, -0.1) is 0 Å². The summed E-state index contributed by atoms with van der Waals surface area (Å²) in [6.07, 6.45) is 8.38. The average molecular weight is 542 g/mol. The van der Waals surface area contributed by atoms with Crippen LogP contribution in [0.5, 0.6) is 0 Å². The van der Waals surface area contributed by atoms with Crippen molar-refractivity contribution in [3.63, 3.8) is 0 Å². The first kappa shape index (κ1) is 29.6. The monoisotopic (exact) mass is 541 g/mol. The van der Waals surface area contributed by atoms with E-state index in [0.717, 1.165) is 83.7 Å². The maximum atomic E-state index is 6.45. The molecule has 7 heteroatoms. The average Bonchev–Trinajstić information content (AvgIpc) is 2.89. The van der Waals surface area contributed by atoms with Crippen LogP contribution in [-0.4, -0.2) is 75.8 Å². The number of unbranched alkanes of at least 4 members (excludes halogenated alkanes) is 1. The van der Waals surface area contributed by atoms with Crippen molar-refractivity contribution in [2.75, 3.05) is 46.4 Å². The molecule has 1 aromatic carbocycles. The second-order valence-corrected chi connectivity index (χ2v) is 17.7. The lowest BCUT2D eigenvalue weighted by atomic mass is 9.98. The lowest BCUT2D eigenvalue weighted by molar-refractivity contribution is -0.169. The van der Waals surface area contributed by atoms with Gasteiger partial charge >= 0.3 is 0 Å². The van der Waals surface area contributed by atoms with Gasteiger partial charge in [-0.05, 0) is 86.3 Å². The number of ether oxygens (including phenoxy) is 2. The molecule has 6 nitrogen and oxygen atoms in total. The van der Waals surface area contributed by atoms with Gasteiger partial charge in [-0.1, -0.05) is 32.9 Å². The Balaban J connectivity index is 1.45. The molecule has 2 aliphatic heterocycles. The first-order chi connectivity index (χ1) is 18.1. The molecule has 4 rings (SSSR count). The van der Waals surface area contributed by atoms with E-state index in [1.165, 1.54) is 28.3 Å². The number of piperazine rings is 1. The summed E-state index contributed by atoms with van der Waals surface area (Å²) >= 11 is 0. The predicted molar refractivity (Wildman–Crippen MR) is 159 cm³/mol. The number of rotatable bonds is 11. The third-order valence-electron chi connectivity index (χ3n) is 8.79. The van der Waals surface area contributed by atoms with E-state index in [-0.39, 0.29) is 11.3 Å². The van der Waals surface area contributed by atoms with E-state index >= 15 is 0 Å². The van der Waals surface area contributed by atoms with Gasteiger partial charge in [0.15, 0.2) is 14.6 Å². The van der Waals surface area contributed by atoms with E-state index in [1.807, 2.05) is 6.20 Å². The van der Waals surface area contributed by atoms with Crippen LogP contribution in [0.4, 0.5) is 0 Å². The van der Waals surface area contributed by atoms with Gasteiger partial charge < -0.3 is 18.8 Å². The summed E-state index contributed by atoms with van der Waals surface area (Å²) in [6.45, 7) is 19.3. The molecule has 0 aliphatic carbocycles. The molecule has 38 heavy (non-hydrogen) atoms. The number of pyridine rings is 1. The van der Waals surface area contributed by atoms with E-state index in [4.69, 9.17) is 18.9 Å². The highest BCUT2D eigenvalue weighted by Crippen LogP contribution is 2.36. The van der Waals surface area contributed by atoms with Gasteiger partial charge in [-0.3, -0.25) is 9.88 Å². The summed E-state index contributed by atoms with van der Waals surface area (Å²) < 4.78 is 18.5. The van der Waals surface area contributed by atoms with E-state index in [0.29, 0.717) is 6.61 Å². The highest BCUT2D eigenvalue weighted by atomic mass is 28.4. The first-order valence-corrected chi connectivity index (χ1v) is 17.7. The zero-order valence-electron chi connectivity index (χ0n) is 24.9. The fourth-order valence-electron chi connectivity index (χ4n) is 5.10. The zero-order valence-corrected chi connectivity index (χ0v) is 25.9. The van der Waals surface area contributed by atoms with Crippen LogP contribution < -0.4 is 0 Å². The number of likely N-dealkylation sites (N-methyl/N-ethyl adjacent to an activating group) is 1. The highest BCUT2D eigenvalue weighted by Gasteiger charge is 2.36. The summed E-state index contributed by atoms with van der Waals surface area (Å²) in [5.41, 5.74) is 3.76. The van der Waals surface area contributed by atoms with Crippen LogP contribution in [0.1, 0.15) is 69.7 Å². The SMILES string of the molecule is CN1CCN(Cc2ccc3c(CCCCO[Si](C)(C)C(C)(C)C)c(COC4CCCCO4)ncc3c2)CC1. The molecular weight excluding hydrogens is 490 g/mol. The van der Waals surface area contributed by atoms with Crippen LogP contribution in [0.2, 0.25) is 18.1 Å². The zero-order chi connectivity index (χ0) is 27.2. The Morgan fingerprint density at radius 2 is 1.87 bits per heavy atom. The largest absolute Gasteiger partial charge is 0.417 e. The molecule has 1 aromatic heterocycles. The lowest BCUT2D eigenvalue weighted by Gasteiger charge is -2.36. The highest BCUT2D eigenvalue weighted by molar-refractivity contribution is 6.74. The van der Waals surface area contributed by atoms with Gasteiger partial charge in [0.1, 0.15) is 0 Å². The van der Waals surface area contributed by atoms with E-state index in [1.54, 1.807) is 0 Å². The third kappa shape index (κ3) is 8.09. The molecule has 0 bridgehead atoms. The fourth-order valence-corrected chi connectivity index (χ4v) is 6.19. The molecule has 2 fully saturated rings. The van der Waals surface area contributed by atoms with Crippen molar-refractivity contribution in [2.45, 2.75) is 96.9 Å². The Bertz CT molecular complexity index is 1020. The number of hydrogen-bond donors (Lipinski definition) is 0. The van der Waals surface area contributed by atoms with Gasteiger partial charge in [0.2, 0.25) is 0 Å². The van der Waals surface area contributed by atoms with Gasteiger partial charge in [0.25, 0.3) is 0 Å². The quantitative estimate of drug-likeness (QED) is 0.243. The molecule has 1 atom stereocenters. The normalized spacial score (nSPS) is 20.3. The summed E-state index contributed by atoms with van der Waals surface area (Å²) in [4.78, 5) is 9.90. The summed E-state index contributed by atoms with van der Waals surface area (Å²) in [5, 5.41) is 2.80. The first-order valence-electron chi connectivity index (χ1n) is 14.8. The van der Waals surface area contributed by atoms with Crippen LogP contribution in [0.25, 0.3) is 10.8 Å². The topological polar surface area (TPSA) is 47.1 Å². The number of hydrogen-bond acceptors (Lipinski definition) is 6. The maximum absolute atomic E-state index is 6.45. The molecule has 2 aromatic rings. The minimum Gasteiger partial charge on any atom is -0.417 e. The van der Waals surface area contributed by atoms with Crippen LogP contribution in [0.15, 0.2) is 24.4 Å². The van der Waals surface area contributed by atoms with Crippen molar-refractivity contribution in [1.29, 1.82) is 0 Å². The molecule has 2 saturated heterocycles. The summed E-state index contributed by atoms with van der Waals surface area (Å²) in [5.74, 6) is 0. The standard InChI is InChI=1S/C31H51N3O3Si/c1-31(2,3)38(5,6)37-20-10-7-11-28-27-14-13-25(23-34-17-15-33(4)16-18-34)21-26(27)22-32-29(28)24-36-30-12-8-9-19-35-30/h13-14,21-22,30H,7-12,15-20,23-24H2,1-6H3. The minimum atomic E-state index is -1.70. The summed E-state index contributed by atoms with van der Waals surface area (Å²) in [7, 11) is 0.508. The van der Waals surface area contributed by atoms with Crippen molar-refractivity contribution in [1.82, 2.24) is 14.8 Å². The molecular formula is C31H51N3O3Si. The predicted octanol–water partition coefficient (Wildman–Crippen LogP) is 6.37. The Hall–Kier alpha value is -1.35. The van der Waals surface area contributed by atoms with Crippen LogP contribution in [0, 0.1) is 0 Å². The van der Waals surface area contributed by atoms with Crippen LogP contribution >= 0.6 is 0 Å². The van der Waals surface area contributed by atoms with Crippen LogP contribution in [-0.2, 0) is 33.5 Å². The Morgan fingerprint density at radius 3 is 2.58 bits per heavy atom. The number of aromatic nitrogens is 1. The van der Waals surface area contributed by atoms with Crippen molar-refractivity contribution in [2.24, 2.45) is 0 Å². The number of nitrogens with zero attached hydrogens (tertiary/aromatic N) is 3. The molecule has 0 radical (unpaired) electrons. The van der Waals surface area contributed by atoms with Gasteiger partial charge in [0, 0.05) is 57.5 Å². The fraction of sp³-hybridized carbons (Fsp3) is 0.710. The molecule has 0 N–H and O–H groups in total. The molecule has 2 aliphatic rings. The van der Waals surface area contributed by atoms with Gasteiger partial charge in [0.05, 0.1) is 12.3 Å². The molecule has 212 valence electrons. The number of fused-ring (bicyclic) bond motifs is 1. The second-order valence-electron chi connectivity index (χ2n) is 12.9. The van der Waals surface area contributed by atoms with Crippen molar-refractivity contribution in [3.05, 3.63) is 41.2 Å². The minimum absolute atomic E-state index is 0.0990. The molecule has 0 spiro atoms. The van der Waals surface area contributed by atoms with E-state index in [2.05, 4.69) is 68.9 Å². The maximum Gasteiger partial charge on any atom is 0.191 e. The van der Waals surface area contributed by atoms with Crippen molar-refractivity contribution >= 4 is 19.1 Å². The second kappa shape index (κ2) is 13.3. The molecule has 3 heterocycles. The lowest BCUT2D eigenvalue weighted by Crippen LogP contribution is -2.43. The van der Waals surface area contributed by atoms with E-state index in [9.17, 15) is 0 Å². The van der Waals surface area contributed by atoms with Gasteiger partial charge in [-0.2, -0.15) is 0 Å². The molecule has 0 saturated carbocycles. The van der Waals surface area contributed by atoms with Crippen molar-refractivity contribution < 1.29 is 13.9 Å². The number of aryl methyl sites for hydroxylation is 1. The molecule has 1 unspecified atom stereocenters.